The molecule has 0 bridgehead atoms. The van der Waals surface area contributed by atoms with E-state index in [1.165, 1.54) is 0 Å². The summed E-state index contributed by atoms with van der Waals surface area (Å²) in [4.78, 5) is 13.2. The molecule has 0 atom stereocenters. The number of aromatic nitrogens is 3. The summed E-state index contributed by atoms with van der Waals surface area (Å²) in [5.41, 5.74) is 3.85. The van der Waals surface area contributed by atoms with E-state index in [4.69, 9.17) is 11.6 Å². The highest BCUT2D eigenvalue weighted by Crippen LogP contribution is 2.21. The third-order valence-electron chi connectivity index (χ3n) is 3.09. The number of benzene rings is 1. The minimum atomic E-state index is 0.438. The van der Waals surface area contributed by atoms with E-state index >= 15 is 0 Å². The molecule has 0 fully saturated rings. The molecule has 2 heterocycles. The third-order valence-corrected chi connectivity index (χ3v) is 3.37. The van der Waals surface area contributed by atoms with Crippen LogP contribution in [0.25, 0.3) is 22.3 Å². The predicted octanol–water partition coefficient (Wildman–Crippen LogP) is 3.74. The normalized spacial score (nSPS) is 10.8. The van der Waals surface area contributed by atoms with Crippen LogP contribution in [0.4, 0.5) is 0 Å². The van der Waals surface area contributed by atoms with Crippen LogP contribution in [-0.2, 0) is 5.88 Å². The lowest BCUT2D eigenvalue weighted by Crippen LogP contribution is -1.96. The van der Waals surface area contributed by atoms with Crippen molar-refractivity contribution in [3.63, 3.8) is 0 Å². The summed E-state index contributed by atoms with van der Waals surface area (Å²) in [5, 5.41) is 1.09. The van der Waals surface area contributed by atoms with Gasteiger partial charge in [-0.1, -0.05) is 6.07 Å². The summed E-state index contributed by atoms with van der Waals surface area (Å²) in [6.07, 6.45) is 3.58. The number of fused-ring (bicyclic) bond motifs is 1. The fourth-order valence-electron chi connectivity index (χ4n) is 1.98. The van der Waals surface area contributed by atoms with Crippen molar-refractivity contribution < 1.29 is 0 Å². The van der Waals surface area contributed by atoms with Crippen molar-refractivity contribution in [2.45, 2.75) is 12.8 Å². The molecule has 0 unspecified atom stereocenters. The zero-order valence-corrected chi connectivity index (χ0v) is 11.2. The Balaban J connectivity index is 2.11. The van der Waals surface area contributed by atoms with Crippen LogP contribution < -0.4 is 0 Å². The van der Waals surface area contributed by atoms with Gasteiger partial charge in [-0.15, -0.1) is 11.6 Å². The van der Waals surface area contributed by atoms with E-state index in [1.54, 1.807) is 12.4 Å². The first kappa shape index (κ1) is 12.1. The lowest BCUT2D eigenvalue weighted by Gasteiger charge is -2.05. The predicted molar refractivity (Wildman–Crippen MR) is 77.1 cm³/mol. The van der Waals surface area contributed by atoms with Gasteiger partial charge in [0.25, 0.3) is 0 Å². The van der Waals surface area contributed by atoms with Crippen molar-refractivity contribution in [2.75, 3.05) is 0 Å². The van der Waals surface area contributed by atoms with Crippen molar-refractivity contribution in [2.24, 2.45) is 0 Å². The molecule has 94 valence electrons. The molecule has 0 aliphatic carbocycles. The fourth-order valence-corrected chi connectivity index (χ4v) is 2.24. The molecule has 0 amide bonds. The average Bonchev–Trinajstić information content (AvgIpc) is 2.46. The van der Waals surface area contributed by atoms with E-state index < -0.39 is 0 Å². The Labute approximate surface area is 116 Å². The largest absolute Gasteiger partial charge is 0.256 e. The summed E-state index contributed by atoms with van der Waals surface area (Å²) >= 11 is 5.82. The number of hydrogen-bond acceptors (Lipinski definition) is 3. The molecular weight excluding hydrogens is 258 g/mol. The van der Waals surface area contributed by atoms with Crippen LogP contribution in [0.3, 0.4) is 0 Å². The molecule has 0 saturated heterocycles. The average molecular weight is 270 g/mol. The summed E-state index contributed by atoms with van der Waals surface area (Å²) in [7, 11) is 0. The molecule has 0 saturated carbocycles. The van der Waals surface area contributed by atoms with Gasteiger partial charge < -0.3 is 0 Å². The molecule has 2 aromatic heterocycles. The van der Waals surface area contributed by atoms with Crippen molar-refractivity contribution in [1.82, 2.24) is 15.0 Å². The first-order valence-corrected chi connectivity index (χ1v) is 6.55. The number of aryl methyl sites for hydroxylation is 1. The summed E-state index contributed by atoms with van der Waals surface area (Å²) in [6, 6.07) is 9.99. The number of rotatable bonds is 2. The lowest BCUT2D eigenvalue weighted by atomic mass is 10.1. The monoisotopic (exact) mass is 269 g/mol. The molecule has 0 aliphatic heterocycles. The van der Waals surface area contributed by atoms with Gasteiger partial charge in [-0.05, 0) is 31.2 Å². The molecule has 0 N–H and O–H groups in total. The second-order valence-corrected chi connectivity index (χ2v) is 4.62. The van der Waals surface area contributed by atoms with Gasteiger partial charge in [0.2, 0.25) is 0 Å². The molecule has 3 rings (SSSR count). The summed E-state index contributed by atoms with van der Waals surface area (Å²) in [6.45, 7) is 1.95. The quantitative estimate of drug-likeness (QED) is 0.665. The van der Waals surface area contributed by atoms with Crippen LogP contribution in [0, 0.1) is 6.92 Å². The van der Waals surface area contributed by atoms with Gasteiger partial charge in [0.05, 0.1) is 11.4 Å². The molecule has 0 spiro atoms. The van der Waals surface area contributed by atoms with E-state index in [0.29, 0.717) is 5.88 Å². The Morgan fingerprint density at radius 1 is 1.16 bits per heavy atom. The van der Waals surface area contributed by atoms with Gasteiger partial charge >= 0.3 is 0 Å². The molecule has 1 aromatic carbocycles. The van der Waals surface area contributed by atoms with Crippen LogP contribution in [0.15, 0.2) is 42.7 Å². The van der Waals surface area contributed by atoms with Gasteiger partial charge in [0.1, 0.15) is 0 Å². The molecule has 19 heavy (non-hydrogen) atoms. The van der Waals surface area contributed by atoms with E-state index in [2.05, 4.69) is 21.0 Å². The Morgan fingerprint density at radius 2 is 2.05 bits per heavy atom. The Bertz CT molecular complexity index is 740. The second-order valence-electron chi connectivity index (χ2n) is 4.35. The molecule has 0 radical (unpaired) electrons. The zero-order valence-electron chi connectivity index (χ0n) is 10.5. The van der Waals surface area contributed by atoms with Crippen LogP contribution >= 0.6 is 11.6 Å². The molecule has 4 heteroatoms. The summed E-state index contributed by atoms with van der Waals surface area (Å²) in [5.74, 6) is 1.16. The van der Waals surface area contributed by atoms with Gasteiger partial charge in [0.15, 0.2) is 5.82 Å². The minimum Gasteiger partial charge on any atom is -0.256 e. The number of hydrogen-bond donors (Lipinski definition) is 0. The van der Waals surface area contributed by atoms with Crippen molar-refractivity contribution >= 4 is 22.5 Å². The maximum absolute atomic E-state index is 5.82. The molecule has 3 aromatic rings. The van der Waals surface area contributed by atoms with Gasteiger partial charge in [-0.25, -0.2) is 9.97 Å². The molecule has 3 nitrogen and oxygen atoms in total. The fraction of sp³-hybridized carbons (Fsp3) is 0.133. The number of alkyl halides is 1. The van der Waals surface area contributed by atoms with Crippen LogP contribution in [0.1, 0.15) is 11.3 Å². The summed E-state index contributed by atoms with van der Waals surface area (Å²) < 4.78 is 0. The van der Waals surface area contributed by atoms with Crippen LogP contribution in [0.5, 0.6) is 0 Å². The molecule has 0 aliphatic rings. The van der Waals surface area contributed by atoms with E-state index in [0.717, 1.165) is 33.5 Å². The Hall–Kier alpha value is -2.00. The Morgan fingerprint density at radius 3 is 2.84 bits per heavy atom. The first-order valence-electron chi connectivity index (χ1n) is 6.01. The van der Waals surface area contributed by atoms with Crippen LogP contribution in [0.2, 0.25) is 0 Å². The minimum absolute atomic E-state index is 0.438. The van der Waals surface area contributed by atoms with Crippen molar-refractivity contribution in [3.05, 3.63) is 54.0 Å². The number of pyridine rings is 1. The highest BCUT2D eigenvalue weighted by molar-refractivity contribution is 6.17. The van der Waals surface area contributed by atoms with Gasteiger partial charge in [-0.2, -0.15) is 0 Å². The lowest BCUT2D eigenvalue weighted by molar-refractivity contribution is 1.06. The third kappa shape index (κ3) is 2.29. The topological polar surface area (TPSA) is 38.7 Å². The Kier molecular flexibility index (Phi) is 3.13. The van der Waals surface area contributed by atoms with Gasteiger partial charge in [0, 0.05) is 34.6 Å². The SMILES string of the molecule is Cc1nc(-c2ccc3ncccc3c2)ncc1CCl. The highest BCUT2D eigenvalue weighted by Gasteiger charge is 2.06. The zero-order chi connectivity index (χ0) is 13.2. The smallest absolute Gasteiger partial charge is 0.159 e. The van der Waals surface area contributed by atoms with Crippen molar-refractivity contribution in [3.8, 4) is 11.4 Å². The van der Waals surface area contributed by atoms with E-state index in [1.807, 2.05) is 31.2 Å². The van der Waals surface area contributed by atoms with E-state index in [9.17, 15) is 0 Å². The van der Waals surface area contributed by atoms with Crippen LogP contribution in [-0.4, -0.2) is 15.0 Å². The second kappa shape index (κ2) is 4.94. The first-order chi connectivity index (χ1) is 9.28. The van der Waals surface area contributed by atoms with Crippen molar-refractivity contribution in [1.29, 1.82) is 0 Å². The number of halogens is 1. The maximum Gasteiger partial charge on any atom is 0.159 e. The maximum atomic E-state index is 5.82. The van der Waals surface area contributed by atoms with E-state index in [-0.39, 0.29) is 0 Å². The molecular formula is C15H12ClN3. The highest BCUT2D eigenvalue weighted by atomic mass is 35.5. The standard InChI is InChI=1S/C15H12ClN3/c1-10-13(8-16)9-18-15(19-10)12-4-5-14-11(7-12)3-2-6-17-14/h2-7,9H,8H2,1H3. The number of nitrogens with zero attached hydrogens (tertiary/aromatic N) is 3. The van der Waals surface area contributed by atoms with Gasteiger partial charge in [-0.3, -0.25) is 4.98 Å².